The van der Waals surface area contributed by atoms with E-state index in [2.05, 4.69) is 75.3 Å². The van der Waals surface area contributed by atoms with Gasteiger partial charge in [0.2, 0.25) is 0 Å². The fourth-order valence-corrected chi connectivity index (χ4v) is 4.43. The van der Waals surface area contributed by atoms with Crippen LogP contribution >= 0.6 is 27.3 Å². The number of rotatable bonds is 4. The van der Waals surface area contributed by atoms with Crippen molar-refractivity contribution in [3.8, 4) is 11.3 Å². The summed E-state index contributed by atoms with van der Waals surface area (Å²) < 4.78 is 9.31. The fourth-order valence-electron chi connectivity index (χ4n) is 3.23. The van der Waals surface area contributed by atoms with E-state index in [4.69, 9.17) is 9.73 Å². The van der Waals surface area contributed by atoms with Crippen molar-refractivity contribution in [3.05, 3.63) is 68.7 Å². The lowest BCUT2D eigenvalue weighted by atomic mass is 10.1. The van der Waals surface area contributed by atoms with Crippen molar-refractivity contribution < 1.29 is 4.74 Å². The van der Waals surface area contributed by atoms with Crippen LogP contribution in [0.1, 0.15) is 18.4 Å². The first-order valence-electron chi connectivity index (χ1n) is 8.87. The van der Waals surface area contributed by atoms with E-state index in [1.54, 1.807) is 11.3 Å². The van der Waals surface area contributed by atoms with Gasteiger partial charge in [0.25, 0.3) is 0 Å². The van der Waals surface area contributed by atoms with Crippen LogP contribution in [0.3, 0.4) is 0 Å². The topological polar surface area (TPSA) is 26.5 Å². The summed E-state index contributed by atoms with van der Waals surface area (Å²) in [6.45, 7) is 3.82. The molecule has 2 aromatic carbocycles. The van der Waals surface area contributed by atoms with Gasteiger partial charge in [-0.25, -0.2) is 4.99 Å². The summed E-state index contributed by atoms with van der Waals surface area (Å²) in [5, 5.41) is 2.20. The Bertz CT molecular complexity index is 953. The first-order chi connectivity index (χ1) is 12.7. The standard InChI is InChI=1S/C21H21BrN2OS/c1-15-5-2-3-7-19(15)23-21-24(13-18-6-4-12-25-18)20(14-26-21)16-8-10-17(22)11-9-16/h2-3,5,7-11,14,18H,4,6,12-13H2,1H3. The molecule has 4 rings (SSSR count). The predicted octanol–water partition coefficient (Wildman–Crippen LogP) is 5.70. The number of para-hydroxylation sites is 1. The summed E-state index contributed by atoms with van der Waals surface area (Å²) in [5.41, 5.74) is 4.62. The Morgan fingerprint density at radius 2 is 2.00 bits per heavy atom. The normalized spacial score (nSPS) is 17.8. The second-order valence-corrected chi connectivity index (χ2v) is 8.31. The van der Waals surface area contributed by atoms with E-state index in [1.807, 2.05) is 6.07 Å². The number of benzene rings is 2. The lowest BCUT2D eigenvalue weighted by Gasteiger charge is -2.14. The molecule has 1 aliphatic heterocycles. The molecule has 0 bridgehead atoms. The number of hydrogen-bond donors (Lipinski definition) is 0. The third kappa shape index (κ3) is 3.85. The molecule has 1 atom stereocenters. The Kier molecular flexibility index (Phi) is 5.38. The highest BCUT2D eigenvalue weighted by atomic mass is 79.9. The van der Waals surface area contributed by atoms with Crippen LogP contribution in [0.2, 0.25) is 0 Å². The summed E-state index contributed by atoms with van der Waals surface area (Å²) in [4.78, 5) is 5.98. The Balaban J connectivity index is 1.81. The highest BCUT2D eigenvalue weighted by Gasteiger charge is 2.19. The van der Waals surface area contributed by atoms with Crippen LogP contribution in [0.15, 0.2) is 63.4 Å². The van der Waals surface area contributed by atoms with Crippen LogP contribution in [0.5, 0.6) is 0 Å². The molecule has 0 N–H and O–H groups in total. The zero-order valence-electron chi connectivity index (χ0n) is 14.7. The minimum atomic E-state index is 0.273. The van der Waals surface area contributed by atoms with Gasteiger partial charge in [-0.05, 0) is 49.1 Å². The van der Waals surface area contributed by atoms with Gasteiger partial charge in [0.1, 0.15) is 0 Å². The molecule has 0 aliphatic carbocycles. The maximum Gasteiger partial charge on any atom is 0.190 e. The van der Waals surface area contributed by atoms with E-state index in [-0.39, 0.29) is 6.10 Å². The Hall–Kier alpha value is -1.69. The van der Waals surface area contributed by atoms with Gasteiger partial charge in [0.15, 0.2) is 4.80 Å². The number of halogens is 1. The summed E-state index contributed by atoms with van der Waals surface area (Å²) in [5.74, 6) is 0. The van der Waals surface area contributed by atoms with Crippen LogP contribution in [0.4, 0.5) is 5.69 Å². The van der Waals surface area contributed by atoms with Gasteiger partial charge >= 0.3 is 0 Å². The third-order valence-corrected chi connectivity index (χ3v) is 6.07. The van der Waals surface area contributed by atoms with Gasteiger partial charge in [-0.15, -0.1) is 11.3 Å². The van der Waals surface area contributed by atoms with Crippen molar-refractivity contribution >= 4 is 33.0 Å². The quantitative estimate of drug-likeness (QED) is 0.523. The zero-order chi connectivity index (χ0) is 17.9. The third-order valence-electron chi connectivity index (χ3n) is 4.68. The van der Waals surface area contributed by atoms with E-state index in [0.29, 0.717) is 0 Å². The molecule has 1 unspecified atom stereocenters. The maximum atomic E-state index is 5.90. The van der Waals surface area contributed by atoms with Crippen molar-refractivity contribution in [1.29, 1.82) is 0 Å². The molecule has 3 aromatic rings. The first kappa shape index (κ1) is 17.7. The lowest BCUT2D eigenvalue weighted by molar-refractivity contribution is 0.0968. The molecule has 1 aromatic heterocycles. The van der Waals surface area contributed by atoms with Crippen LogP contribution in [-0.4, -0.2) is 17.3 Å². The number of thiazole rings is 1. The van der Waals surface area contributed by atoms with Crippen molar-refractivity contribution in [2.45, 2.75) is 32.4 Å². The molecule has 0 amide bonds. The Morgan fingerprint density at radius 3 is 2.73 bits per heavy atom. The van der Waals surface area contributed by atoms with E-state index in [9.17, 15) is 0 Å². The molecule has 1 fully saturated rings. The van der Waals surface area contributed by atoms with Crippen LogP contribution in [0, 0.1) is 6.92 Å². The largest absolute Gasteiger partial charge is 0.376 e. The van der Waals surface area contributed by atoms with Crippen molar-refractivity contribution in [1.82, 2.24) is 4.57 Å². The minimum Gasteiger partial charge on any atom is -0.376 e. The van der Waals surface area contributed by atoms with E-state index in [1.165, 1.54) is 16.8 Å². The molecule has 3 nitrogen and oxygen atoms in total. The van der Waals surface area contributed by atoms with Crippen molar-refractivity contribution in [2.24, 2.45) is 4.99 Å². The van der Waals surface area contributed by atoms with Crippen LogP contribution in [-0.2, 0) is 11.3 Å². The van der Waals surface area contributed by atoms with Crippen molar-refractivity contribution in [3.63, 3.8) is 0 Å². The van der Waals surface area contributed by atoms with Crippen LogP contribution < -0.4 is 4.80 Å². The molecule has 2 heterocycles. The second-order valence-electron chi connectivity index (χ2n) is 6.55. The molecule has 26 heavy (non-hydrogen) atoms. The van der Waals surface area contributed by atoms with E-state index < -0.39 is 0 Å². The number of aryl methyl sites for hydroxylation is 1. The van der Waals surface area contributed by atoms with Gasteiger partial charge < -0.3 is 9.30 Å². The average Bonchev–Trinajstić information content (AvgIpc) is 3.29. The monoisotopic (exact) mass is 428 g/mol. The SMILES string of the molecule is Cc1ccccc1N=c1scc(-c2ccc(Br)cc2)n1CC1CCCO1. The number of hydrogen-bond acceptors (Lipinski definition) is 3. The Labute approximate surface area is 166 Å². The molecule has 1 saturated heterocycles. The van der Waals surface area contributed by atoms with Gasteiger partial charge in [-0.1, -0.05) is 46.3 Å². The van der Waals surface area contributed by atoms with Gasteiger partial charge in [0.05, 0.1) is 24.0 Å². The smallest absolute Gasteiger partial charge is 0.190 e. The van der Waals surface area contributed by atoms with E-state index in [0.717, 1.165) is 41.0 Å². The van der Waals surface area contributed by atoms with Crippen molar-refractivity contribution in [2.75, 3.05) is 6.61 Å². The molecule has 0 saturated carbocycles. The number of nitrogens with zero attached hydrogens (tertiary/aromatic N) is 2. The van der Waals surface area contributed by atoms with Gasteiger partial charge in [0, 0.05) is 16.5 Å². The molecule has 0 radical (unpaired) electrons. The molecule has 5 heteroatoms. The first-order valence-corrected chi connectivity index (χ1v) is 10.5. The fraction of sp³-hybridized carbons (Fsp3) is 0.286. The summed E-state index contributed by atoms with van der Waals surface area (Å²) in [7, 11) is 0. The van der Waals surface area contributed by atoms with Gasteiger partial charge in [-0.2, -0.15) is 0 Å². The number of aromatic nitrogens is 1. The predicted molar refractivity (Wildman–Crippen MR) is 111 cm³/mol. The zero-order valence-corrected chi connectivity index (χ0v) is 17.1. The lowest BCUT2D eigenvalue weighted by Crippen LogP contribution is -2.24. The molecular formula is C21H21BrN2OS. The summed E-state index contributed by atoms with van der Waals surface area (Å²) in [6, 6.07) is 16.7. The Morgan fingerprint density at radius 1 is 1.19 bits per heavy atom. The minimum absolute atomic E-state index is 0.273. The molecular weight excluding hydrogens is 408 g/mol. The molecule has 0 spiro atoms. The van der Waals surface area contributed by atoms with E-state index >= 15 is 0 Å². The summed E-state index contributed by atoms with van der Waals surface area (Å²) >= 11 is 5.21. The summed E-state index contributed by atoms with van der Waals surface area (Å²) in [6.07, 6.45) is 2.54. The second kappa shape index (κ2) is 7.91. The maximum absolute atomic E-state index is 5.90. The average molecular weight is 429 g/mol. The van der Waals surface area contributed by atoms with Gasteiger partial charge in [-0.3, -0.25) is 0 Å². The highest BCUT2D eigenvalue weighted by molar-refractivity contribution is 9.10. The van der Waals surface area contributed by atoms with Crippen LogP contribution in [0.25, 0.3) is 11.3 Å². The number of ether oxygens (including phenoxy) is 1. The highest BCUT2D eigenvalue weighted by Crippen LogP contribution is 2.25. The molecule has 134 valence electrons. The molecule has 1 aliphatic rings.